The summed E-state index contributed by atoms with van der Waals surface area (Å²) in [6.07, 6.45) is 2.40. The Hall–Kier alpha value is -1.91. The maximum atomic E-state index is 11.1. The Balaban J connectivity index is 2.54. The number of carboxylic acids is 1. The maximum Gasteiger partial charge on any atom is 0.354 e. The number of nitrogens with zero attached hydrogens (tertiary/aromatic N) is 3. The van der Waals surface area contributed by atoms with E-state index in [0.29, 0.717) is 17.3 Å². The van der Waals surface area contributed by atoms with Crippen molar-refractivity contribution >= 4 is 11.6 Å². The van der Waals surface area contributed by atoms with Crippen LogP contribution >= 0.6 is 0 Å². The molecule has 0 aromatic carbocycles. The summed E-state index contributed by atoms with van der Waals surface area (Å²) in [4.78, 5) is 19.6. The standard InChI is InChI=1S/C12H15N3O2/c1-7(2)4-9-5-10-14-8(3)11(12(16)17)15(10)6-13-9/h5-7H,4H2,1-3H3,(H,16,17). The highest BCUT2D eigenvalue weighted by atomic mass is 16.4. The molecule has 0 radical (unpaired) electrons. The van der Waals surface area contributed by atoms with Crippen LogP contribution in [0.15, 0.2) is 12.4 Å². The molecule has 2 aromatic rings. The number of hydrogen-bond donors (Lipinski definition) is 1. The van der Waals surface area contributed by atoms with Gasteiger partial charge in [0, 0.05) is 11.8 Å². The number of hydrogen-bond acceptors (Lipinski definition) is 3. The molecule has 2 heterocycles. The van der Waals surface area contributed by atoms with Crippen LogP contribution in [-0.4, -0.2) is 25.4 Å². The Kier molecular flexibility index (Phi) is 2.83. The van der Waals surface area contributed by atoms with Gasteiger partial charge in [0.15, 0.2) is 5.69 Å². The third-order valence-corrected chi connectivity index (χ3v) is 2.57. The first-order valence-corrected chi connectivity index (χ1v) is 5.56. The molecule has 0 bridgehead atoms. The lowest BCUT2D eigenvalue weighted by atomic mass is 10.1. The third kappa shape index (κ3) is 2.13. The van der Waals surface area contributed by atoms with E-state index < -0.39 is 5.97 Å². The zero-order valence-corrected chi connectivity index (χ0v) is 10.1. The van der Waals surface area contributed by atoms with Crippen LogP contribution in [0.3, 0.4) is 0 Å². The first-order chi connectivity index (χ1) is 7.99. The highest BCUT2D eigenvalue weighted by molar-refractivity contribution is 5.88. The minimum Gasteiger partial charge on any atom is -0.477 e. The lowest BCUT2D eigenvalue weighted by Gasteiger charge is -2.04. The van der Waals surface area contributed by atoms with Crippen molar-refractivity contribution in [3.8, 4) is 0 Å². The summed E-state index contributed by atoms with van der Waals surface area (Å²) >= 11 is 0. The van der Waals surface area contributed by atoms with Crippen molar-refractivity contribution in [2.24, 2.45) is 5.92 Å². The lowest BCUT2D eigenvalue weighted by Crippen LogP contribution is -2.05. The van der Waals surface area contributed by atoms with Crippen LogP contribution in [0, 0.1) is 12.8 Å². The van der Waals surface area contributed by atoms with E-state index in [9.17, 15) is 4.79 Å². The van der Waals surface area contributed by atoms with Gasteiger partial charge in [0.1, 0.15) is 12.0 Å². The van der Waals surface area contributed by atoms with Crippen LogP contribution in [-0.2, 0) is 6.42 Å². The van der Waals surface area contributed by atoms with E-state index in [0.717, 1.165) is 12.1 Å². The molecule has 5 nitrogen and oxygen atoms in total. The van der Waals surface area contributed by atoms with Gasteiger partial charge in [-0.3, -0.25) is 4.40 Å². The summed E-state index contributed by atoms with van der Waals surface area (Å²) in [7, 11) is 0. The molecule has 2 rings (SSSR count). The second-order valence-electron chi connectivity index (χ2n) is 4.56. The number of aromatic nitrogens is 3. The first-order valence-electron chi connectivity index (χ1n) is 5.56. The van der Waals surface area contributed by atoms with Gasteiger partial charge in [-0.25, -0.2) is 14.8 Å². The van der Waals surface area contributed by atoms with E-state index in [2.05, 4.69) is 23.8 Å². The fourth-order valence-electron chi connectivity index (χ4n) is 1.89. The van der Waals surface area contributed by atoms with Gasteiger partial charge in [0.2, 0.25) is 0 Å². The zero-order valence-electron chi connectivity index (χ0n) is 10.1. The molecule has 0 aliphatic rings. The second-order valence-corrected chi connectivity index (χ2v) is 4.56. The topological polar surface area (TPSA) is 67.5 Å². The van der Waals surface area contributed by atoms with Crippen molar-refractivity contribution in [3.63, 3.8) is 0 Å². The quantitative estimate of drug-likeness (QED) is 0.879. The van der Waals surface area contributed by atoms with E-state index in [1.165, 1.54) is 10.7 Å². The van der Waals surface area contributed by atoms with E-state index in [1.807, 2.05) is 6.07 Å². The molecule has 0 saturated heterocycles. The minimum absolute atomic E-state index is 0.184. The monoisotopic (exact) mass is 233 g/mol. The molecule has 0 unspecified atom stereocenters. The average Bonchev–Trinajstić information content (AvgIpc) is 2.51. The summed E-state index contributed by atoms with van der Waals surface area (Å²) in [5.41, 5.74) is 2.28. The molecule has 5 heteroatoms. The Morgan fingerprint density at radius 1 is 1.53 bits per heavy atom. The molecule has 17 heavy (non-hydrogen) atoms. The third-order valence-electron chi connectivity index (χ3n) is 2.57. The predicted molar refractivity (Wildman–Crippen MR) is 63.2 cm³/mol. The molecule has 0 amide bonds. The number of carboxylic acid groups (broad SMARTS) is 1. The van der Waals surface area contributed by atoms with Crippen LogP contribution in [0.4, 0.5) is 0 Å². The van der Waals surface area contributed by atoms with Crippen LogP contribution < -0.4 is 0 Å². The molecular weight excluding hydrogens is 218 g/mol. The number of carbonyl (C=O) groups is 1. The summed E-state index contributed by atoms with van der Waals surface area (Å²) in [6.45, 7) is 5.93. The van der Waals surface area contributed by atoms with Gasteiger partial charge >= 0.3 is 5.97 Å². The minimum atomic E-state index is -0.978. The van der Waals surface area contributed by atoms with Crippen molar-refractivity contribution in [1.82, 2.24) is 14.4 Å². The van der Waals surface area contributed by atoms with E-state index in [-0.39, 0.29) is 5.69 Å². The average molecular weight is 233 g/mol. The molecule has 0 aliphatic heterocycles. The van der Waals surface area contributed by atoms with Gasteiger partial charge in [0.25, 0.3) is 0 Å². The van der Waals surface area contributed by atoms with Crippen LogP contribution in [0.25, 0.3) is 5.65 Å². The molecule has 0 fully saturated rings. The second kappa shape index (κ2) is 4.16. The normalized spacial score (nSPS) is 11.3. The summed E-state index contributed by atoms with van der Waals surface area (Å²) in [5, 5.41) is 9.08. The van der Waals surface area contributed by atoms with E-state index in [1.54, 1.807) is 6.92 Å². The number of aromatic carboxylic acids is 1. The van der Waals surface area contributed by atoms with Crippen molar-refractivity contribution in [3.05, 3.63) is 29.5 Å². The smallest absolute Gasteiger partial charge is 0.354 e. The molecule has 0 aliphatic carbocycles. The van der Waals surface area contributed by atoms with Crippen molar-refractivity contribution < 1.29 is 9.90 Å². The maximum absolute atomic E-state index is 11.1. The highest BCUT2D eigenvalue weighted by Gasteiger charge is 2.15. The van der Waals surface area contributed by atoms with Crippen molar-refractivity contribution in [2.45, 2.75) is 27.2 Å². The highest BCUT2D eigenvalue weighted by Crippen LogP contribution is 2.13. The first kappa shape index (κ1) is 11.6. The summed E-state index contributed by atoms with van der Waals surface area (Å²) in [5.74, 6) is -0.464. The molecule has 1 N–H and O–H groups in total. The fourth-order valence-corrected chi connectivity index (χ4v) is 1.89. The van der Waals surface area contributed by atoms with Gasteiger partial charge in [-0.15, -0.1) is 0 Å². The Morgan fingerprint density at radius 2 is 2.24 bits per heavy atom. The largest absolute Gasteiger partial charge is 0.477 e. The van der Waals surface area contributed by atoms with Crippen LogP contribution in [0.2, 0.25) is 0 Å². The number of aryl methyl sites for hydroxylation is 1. The summed E-state index contributed by atoms with van der Waals surface area (Å²) in [6, 6.07) is 1.85. The van der Waals surface area contributed by atoms with Gasteiger partial charge in [-0.2, -0.15) is 0 Å². The molecule has 2 aromatic heterocycles. The van der Waals surface area contributed by atoms with Crippen molar-refractivity contribution in [2.75, 3.05) is 0 Å². The lowest BCUT2D eigenvalue weighted by molar-refractivity contribution is 0.0688. The number of fused-ring (bicyclic) bond motifs is 1. The van der Waals surface area contributed by atoms with Gasteiger partial charge in [-0.1, -0.05) is 13.8 Å². The Morgan fingerprint density at radius 3 is 2.82 bits per heavy atom. The van der Waals surface area contributed by atoms with E-state index in [4.69, 9.17) is 5.11 Å². The summed E-state index contributed by atoms with van der Waals surface area (Å²) < 4.78 is 1.52. The molecule has 0 atom stereocenters. The molecule has 0 saturated carbocycles. The molecular formula is C12H15N3O2. The molecule has 90 valence electrons. The number of rotatable bonds is 3. The predicted octanol–water partition coefficient (Wildman–Crippen LogP) is 1.93. The van der Waals surface area contributed by atoms with Crippen LogP contribution in [0.5, 0.6) is 0 Å². The SMILES string of the molecule is Cc1nc2cc(CC(C)C)ncn2c1C(=O)O. The van der Waals surface area contributed by atoms with Crippen molar-refractivity contribution in [1.29, 1.82) is 0 Å². The van der Waals surface area contributed by atoms with Crippen LogP contribution in [0.1, 0.15) is 35.7 Å². The van der Waals surface area contributed by atoms with Gasteiger partial charge in [-0.05, 0) is 19.3 Å². The number of imidazole rings is 1. The fraction of sp³-hybridized carbons (Fsp3) is 0.417. The zero-order chi connectivity index (χ0) is 12.6. The van der Waals surface area contributed by atoms with Gasteiger partial charge < -0.3 is 5.11 Å². The Labute approximate surface area is 99.1 Å². The van der Waals surface area contributed by atoms with Gasteiger partial charge in [0.05, 0.1) is 5.69 Å². The van der Waals surface area contributed by atoms with E-state index >= 15 is 0 Å². The Bertz CT molecular complexity index is 572. The molecule has 0 spiro atoms.